The number of methoxy groups -OCH3 is 1. The quantitative estimate of drug-likeness (QED) is 0.815. The van der Waals surface area contributed by atoms with Crippen LogP contribution in [0.4, 0.5) is 5.69 Å². The minimum Gasteiger partial charge on any atom is -0.469 e. The number of benzene rings is 1. The molecule has 1 N–H and O–H groups in total. The molecule has 0 heterocycles. The molecule has 0 aliphatic rings. The number of nitrogens with zero attached hydrogens (tertiary/aromatic N) is 1. The number of carbonyl (C=O) groups excluding carboxylic acids is 3. The first-order valence-corrected chi connectivity index (χ1v) is 7.50. The number of anilines is 1. The Morgan fingerprint density at radius 1 is 1.13 bits per heavy atom. The van der Waals surface area contributed by atoms with Gasteiger partial charge in [0.15, 0.2) is 0 Å². The van der Waals surface area contributed by atoms with Crippen molar-refractivity contribution in [1.29, 1.82) is 0 Å². The van der Waals surface area contributed by atoms with Crippen LogP contribution in [-0.4, -0.2) is 43.4 Å². The summed E-state index contributed by atoms with van der Waals surface area (Å²) < 4.78 is 4.65. The normalized spacial score (nSPS) is 11.7. The second-order valence-electron chi connectivity index (χ2n) is 5.83. The zero-order valence-electron chi connectivity index (χ0n) is 14.3. The van der Waals surface area contributed by atoms with Crippen LogP contribution in [0.3, 0.4) is 0 Å². The van der Waals surface area contributed by atoms with Crippen molar-refractivity contribution in [3.8, 4) is 0 Å². The van der Waals surface area contributed by atoms with Crippen LogP contribution in [0.2, 0.25) is 0 Å². The third kappa shape index (κ3) is 5.39. The maximum absolute atomic E-state index is 12.3. The Bertz CT molecular complexity index is 566. The fraction of sp³-hybridized carbons (Fsp3) is 0.471. The summed E-state index contributed by atoms with van der Waals surface area (Å²) in [6.45, 7) is 5.60. The van der Waals surface area contributed by atoms with E-state index in [0.717, 1.165) is 0 Å². The minimum atomic E-state index is -0.390. The molecule has 0 saturated heterocycles. The number of esters is 1. The zero-order chi connectivity index (χ0) is 17.6. The van der Waals surface area contributed by atoms with Crippen molar-refractivity contribution in [2.45, 2.75) is 20.8 Å². The van der Waals surface area contributed by atoms with E-state index in [9.17, 15) is 14.4 Å². The van der Waals surface area contributed by atoms with Crippen molar-refractivity contribution in [3.05, 3.63) is 29.8 Å². The molecule has 126 valence electrons. The Labute approximate surface area is 136 Å². The second-order valence-corrected chi connectivity index (χ2v) is 5.83. The van der Waals surface area contributed by atoms with Crippen LogP contribution in [0.1, 0.15) is 31.1 Å². The maximum atomic E-state index is 12.3. The van der Waals surface area contributed by atoms with Gasteiger partial charge in [-0.2, -0.15) is 0 Å². The van der Waals surface area contributed by atoms with Crippen LogP contribution in [0.5, 0.6) is 0 Å². The Morgan fingerprint density at radius 3 is 2.17 bits per heavy atom. The molecule has 1 unspecified atom stereocenters. The van der Waals surface area contributed by atoms with E-state index in [2.05, 4.69) is 10.1 Å². The average molecular weight is 320 g/mol. The van der Waals surface area contributed by atoms with Crippen LogP contribution in [0.15, 0.2) is 24.3 Å². The molecular formula is C17H24N2O4. The molecule has 0 radical (unpaired) electrons. The predicted octanol–water partition coefficient (Wildman–Crippen LogP) is 2.16. The summed E-state index contributed by atoms with van der Waals surface area (Å²) in [7, 11) is 2.96. The molecule has 0 aliphatic heterocycles. The highest BCUT2D eigenvalue weighted by Gasteiger charge is 2.19. The van der Waals surface area contributed by atoms with Gasteiger partial charge in [-0.25, -0.2) is 0 Å². The van der Waals surface area contributed by atoms with Crippen molar-refractivity contribution in [1.82, 2.24) is 4.90 Å². The summed E-state index contributed by atoms with van der Waals surface area (Å²) in [6, 6.07) is 6.67. The van der Waals surface area contributed by atoms with Gasteiger partial charge in [-0.05, 0) is 24.3 Å². The topological polar surface area (TPSA) is 75.7 Å². The number of nitrogens with one attached hydrogen (secondary N) is 1. The number of carbonyl (C=O) groups is 3. The van der Waals surface area contributed by atoms with E-state index in [1.54, 1.807) is 38.2 Å². The van der Waals surface area contributed by atoms with Crippen LogP contribution >= 0.6 is 0 Å². The van der Waals surface area contributed by atoms with Crippen LogP contribution in [0, 0.1) is 11.8 Å². The van der Waals surface area contributed by atoms with Gasteiger partial charge >= 0.3 is 5.97 Å². The molecule has 0 fully saturated rings. The summed E-state index contributed by atoms with van der Waals surface area (Å²) in [6.07, 6.45) is 0. The fourth-order valence-corrected chi connectivity index (χ4v) is 1.97. The van der Waals surface area contributed by atoms with E-state index in [1.165, 1.54) is 12.0 Å². The molecule has 2 amide bonds. The standard InChI is InChI=1S/C17H24N2O4/c1-11(2)15(20)18-14-8-6-13(7-9-14)16(21)19(4)10-12(3)17(22)23-5/h6-9,11-12H,10H2,1-5H3,(H,18,20). The third-order valence-electron chi connectivity index (χ3n) is 3.42. The highest BCUT2D eigenvalue weighted by atomic mass is 16.5. The van der Waals surface area contributed by atoms with Gasteiger partial charge in [0, 0.05) is 30.8 Å². The van der Waals surface area contributed by atoms with Crippen molar-refractivity contribution >= 4 is 23.5 Å². The van der Waals surface area contributed by atoms with Gasteiger partial charge in [0.05, 0.1) is 13.0 Å². The molecule has 1 rings (SSSR count). The van der Waals surface area contributed by atoms with Gasteiger partial charge in [0.2, 0.25) is 5.91 Å². The van der Waals surface area contributed by atoms with Gasteiger partial charge in [0.25, 0.3) is 5.91 Å². The average Bonchev–Trinajstić information content (AvgIpc) is 2.53. The first-order valence-electron chi connectivity index (χ1n) is 7.50. The molecule has 6 nitrogen and oxygen atoms in total. The highest BCUT2D eigenvalue weighted by Crippen LogP contribution is 2.13. The number of hydrogen-bond donors (Lipinski definition) is 1. The number of amides is 2. The SMILES string of the molecule is COC(=O)C(C)CN(C)C(=O)c1ccc(NC(=O)C(C)C)cc1. The second kappa shape index (κ2) is 8.31. The summed E-state index contributed by atoms with van der Waals surface area (Å²) in [5.74, 6) is -1.12. The Balaban J connectivity index is 2.70. The molecule has 1 aromatic rings. The Hall–Kier alpha value is -2.37. The fourth-order valence-electron chi connectivity index (χ4n) is 1.97. The highest BCUT2D eigenvalue weighted by molar-refractivity contribution is 5.96. The van der Waals surface area contributed by atoms with E-state index in [4.69, 9.17) is 0 Å². The number of ether oxygens (including phenoxy) is 1. The minimum absolute atomic E-state index is 0.0758. The van der Waals surface area contributed by atoms with Gasteiger partial charge in [-0.15, -0.1) is 0 Å². The monoisotopic (exact) mass is 320 g/mol. The number of hydrogen-bond acceptors (Lipinski definition) is 4. The van der Waals surface area contributed by atoms with E-state index in [0.29, 0.717) is 11.3 Å². The molecule has 0 saturated carbocycles. The van der Waals surface area contributed by atoms with Gasteiger partial charge in [-0.3, -0.25) is 14.4 Å². The van der Waals surface area contributed by atoms with E-state index < -0.39 is 5.92 Å². The van der Waals surface area contributed by atoms with E-state index in [-0.39, 0.29) is 30.2 Å². The summed E-state index contributed by atoms with van der Waals surface area (Å²) in [5.41, 5.74) is 1.14. The van der Waals surface area contributed by atoms with Crippen LogP contribution in [0.25, 0.3) is 0 Å². The van der Waals surface area contributed by atoms with Crippen molar-refractivity contribution < 1.29 is 19.1 Å². The van der Waals surface area contributed by atoms with Crippen molar-refractivity contribution in [2.75, 3.05) is 26.0 Å². The maximum Gasteiger partial charge on any atom is 0.310 e. The lowest BCUT2D eigenvalue weighted by atomic mass is 10.1. The predicted molar refractivity (Wildman–Crippen MR) is 88.1 cm³/mol. The molecule has 6 heteroatoms. The van der Waals surface area contributed by atoms with Gasteiger partial charge in [-0.1, -0.05) is 20.8 Å². The third-order valence-corrected chi connectivity index (χ3v) is 3.42. The summed E-state index contributed by atoms with van der Waals surface area (Å²) in [5, 5.41) is 2.77. The molecule has 0 bridgehead atoms. The molecule has 0 aliphatic carbocycles. The Kier molecular flexibility index (Phi) is 6.75. The molecule has 0 aromatic heterocycles. The lowest BCUT2D eigenvalue weighted by Crippen LogP contribution is -2.34. The smallest absolute Gasteiger partial charge is 0.310 e. The first kappa shape index (κ1) is 18.7. The van der Waals surface area contributed by atoms with Crippen molar-refractivity contribution in [2.24, 2.45) is 11.8 Å². The van der Waals surface area contributed by atoms with Crippen LogP contribution < -0.4 is 5.32 Å². The van der Waals surface area contributed by atoms with Crippen LogP contribution in [-0.2, 0) is 14.3 Å². The van der Waals surface area contributed by atoms with Gasteiger partial charge < -0.3 is 15.0 Å². The van der Waals surface area contributed by atoms with E-state index >= 15 is 0 Å². The molecule has 0 spiro atoms. The molecule has 23 heavy (non-hydrogen) atoms. The molecule has 1 atom stereocenters. The molecular weight excluding hydrogens is 296 g/mol. The lowest BCUT2D eigenvalue weighted by molar-refractivity contribution is -0.145. The lowest BCUT2D eigenvalue weighted by Gasteiger charge is -2.20. The van der Waals surface area contributed by atoms with E-state index in [1.807, 2.05) is 13.8 Å². The largest absolute Gasteiger partial charge is 0.469 e. The Morgan fingerprint density at radius 2 is 1.70 bits per heavy atom. The molecule has 1 aromatic carbocycles. The number of rotatable bonds is 6. The summed E-state index contributed by atoms with van der Waals surface area (Å²) >= 11 is 0. The van der Waals surface area contributed by atoms with Crippen molar-refractivity contribution in [3.63, 3.8) is 0 Å². The zero-order valence-corrected chi connectivity index (χ0v) is 14.3. The van der Waals surface area contributed by atoms with Gasteiger partial charge in [0.1, 0.15) is 0 Å². The first-order chi connectivity index (χ1) is 10.8. The summed E-state index contributed by atoms with van der Waals surface area (Å²) in [4.78, 5) is 36.8.